The van der Waals surface area contributed by atoms with Crippen LogP contribution in [-0.2, 0) is 6.54 Å². The van der Waals surface area contributed by atoms with Gasteiger partial charge in [0.25, 0.3) is 0 Å². The summed E-state index contributed by atoms with van der Waals surface area (Å²) in [5, 5.41) is 5.22. The molecule has 0 aliphatic carbocycles. The van der Waals surface area contributed by atoms with Crippen molar-refractivity contribution in [3.05, 3.63) is 50.9 Å². The van der Waals surface area contributed by atoms with Gasteiger partial charge >= 0.3 is 0 Å². The number of hydrogen-bond acceptors (Lipinski definition) is 2. The number of thiophene rings is 1. The Morgan fingerprint density at radius 1 is 1.38 bits per heavy atom. The van der Waals surface area contributed by atoms with Crippen LogP contribution in [0.15, 0.2) is 29.6 Å². The maximum Gasteiger partial charge on any atom is 0.164 e. The van der Waals surface area contributed by atoms with Crippen LogP contribution in [-0.4, -0.2) is 0 Å². The largest absolute Gasteiger partial charge is 0.378 e. The second-order valence-electron chi connectivity index (χ2n) is 3.48. The summed E-state index contributed by atoms with van der Waals surface area (Å²) in [6.07, 6.45) is 0. The van der Waals surface area contributed by atoms with Gasteiger partial charge in [0, 0.05) is 11.4 Å². The standard InChI is InChI=1S/C12H11ClFNS/c1-8-5-6-16-11(8)7-15-10-4-2-3-9(13)12(10)14/h2-6,15H,7H2,1H3. The zero-order valence-corrected chi connectivity index (χ0v) is 10.3. The van der Waals surface area contributed by atoms with E-state index in [1.807, 2.05) is 12.3 Å². The van der Waals surface area contributed by atoms with Gasteiger partial charge in [-0.15, -0.1) is 11.3 Å². The Hall–Kier alpha value is -1.06. The maximum atomic E-state index is 13.5. The summed E-state index contributed by atoms with van der Waals surface area (Å²) in [6, 6.07) is 7.01. The van der Waals surface area contributed by atoms with Crippen molar-refractivity contribution >= 4 is 28.6 Å². The SMILES string of the molecule is Cc1ccsc1CNc1cccc(Cl)c1F. The van der Waals surface area contributed by atoms with Crippen molar-refractivity contribution in [2.24, 2.45) is 0 Å². The highest BCUT2D eigenvalue weighted by Gasteiger charge is 2.06. The van der Waals surface area contributed by atoms with Gasteiger partial charge in [0.15, 0.2) is 5.82 Å². The molecule has 4 heteroatoms. The van der Waals surface area contributed by atoms with Crippen LogP contribution in [0.5, 0.6) is 0 Å². The van der Waals surface area contributed by atoms with Crippen molar-refractivity contribution in [1.29, 1.82) is 0 Å². The van der Waals surface area contributed by atoms with E-state index >= 15 is 0 Å². The van der Waals surface area contributed by atoms with Gasteiger partial charge < -0.3 is 5.32 Å². The predicted octanol–water partition coefficient (Wildman–Crippen LogP) is 4.46. The number of halogens is 2. The molecule has 0 aliphatic rings. The fraction of sp³-hybridized carbons (Fsp3) is 0.167. The highest BCUT2D eigenvalue weighted by Crippen LogP contribution is 2.23. The van der Waals surface area contributed by atoms with Crippen molar-refractivity contribution in [2.75, 3.05) is 5.32 Å². The Kier molecular flexibility index (Phi) is 3.46. The van der Waals surface area contributed by atoms with Crippen LogP contribution in [0.2, 0.25) is 5.02 Å². The monoisotopic (exact) mass is 255 g/mol. The van der Waals surface area contributed by atoms with Crippen LogP contribution >= 0.6 is 22.9 Å². The average Bonchev–Trinajstić information content (AvgIpc) is 2.67. The second-order valence-corrected chi connectivity index (χ2v) is 4.89. The minimum Gasteiger partial charge on any atom is -0.378 e. The molecule has 16 heavy (non-hydrogen) atoms. The van der Waals surface area contributed by atoms with Crippen LogP contribution in [0, 0.1) is 12.7 Å². The topological polar surface area (TPSA) is 12.0 Å². The lowest BCUT2D eigenvalue weighted by Gasteiger charge is -2.07. The Balaban J connectivity index is 2.11. The lowest BCUT2D eigenvalue weighted by molar-refractivity contribution is 0.630. The van der Waals surface area contributed by atoms with Gasteiger partial charge in [-0.1, -0.05) is 17.7 Å². The fourth-order valence-corrected chi connectivity index (χ4v) is 2.42. The first-order valence-corrected chi connectivity index (χ1v) is 6.15. The quantitative estimate of drug-likeness (QED) is 0.854. The summed E-state index contributed by atoms with van der Waals surface area (Å²) < 4.78 is 13.5. The maximum absolute atomic E-state index is 13.5. The predicted molar refractivity (Wildman–Crippen MR) is 67.8 cm³/mol. The average molecular weight is 256 g/mol. The van der Waals surface area contributed by atoms with E-state index < -0.39 is 5.82 Å². The summed E-state index contributed by atoms with van der Waals surface area (Å²) in [5.41, 5.74) is 1.67. The van der Waals surface area contributed by atoms with Gasteiger partial charge in [-0.2, -0.15) is 0 Å². The van der Waals surface area contributed by atoms with Crippen molar-refractivity contribution in [3.8, 4) is 0 Å². The molecule has 0 atom stereocenters. The first-order valence-electron chi connectivity index (χ1n) is 4.89. The van der Waals surface area contributed by atoms with E-state index in [1.54, 1.807) is 29.5 Å². The van der Waals surface area contributed by atoms with Crippen molar-refractivity contribution in [1.82, 2.24) is 0 Å². The molecule has 2 aromatic rings. The molecule has 84 valence electrons. The molecule has 0 fully saturated rings. The lowest BCUT2D eigenvalue weighted by atomic mass is 10.2. The molecule has 1 heterocycles. The van der Waals surface area contributed by atoms with Crippen LogP contribution < -0.4 is 5.32 Å². The third-order valence-electron chi connectivity index (χ3n) is 2.36. The molecule has 1 nitrogen and oxygen atoms in total. The zero-order valence-electron chi connectivity index (χ0n) is 8.76. The first kappa shape index (κ1) is 11.4. The summed E-state index contributed by atoms with van der Waals surface area (Å²) in [5.74, 6) is -0.390. The first-order chi connectivity index (χ1) is 7.68. The van der Waals surface area contributed by atoms with E-state index in [2.05, 4.69) is 11.4 Å². The van der Waals surface area contributed by atoms with E-state index in [1.165, 1.54) is 10.4 Å². The summed E-state index contributed by atoms with van der Waals surface area (Å²) in [4.78, 5) is 1.21. The van der Waals surface area contributed by atoms with Crippen LogP contribution in [0.3, 0.4) is 0 Å². The van der Waals surface area contributed by atoms with Crippen LogP contribution in [0.1, 0.15) is 10.4 Å². The molecule has 0 unspecified atom stereocenters. The smallest absolute Gasteiger partial charge is 0.164 e. The molecule has 0 aliphatic heterocycles. The third-order valence-corrected chi connectivity index (χ3v) is 3.67. The summed E-state index contributed by atoms with van der Waals surface area (Å²) in [7, 11) is 0. The minimum atomic E-state index is -0.390. The Bertz CT molecular complexity index is 496. The summed E-state index contributed by atoms with van der Waals surface area (Å²) in [6.45, 7) is 2.67. The molecular weight excluding hydrogens is 245 g/mol. The lowest BCUT2D eigenvalue weighted by Crippen LogP contribution is -2.01. The molecule has 0 bridgehead atoms. The van der Waals surface area contributed by atoms with Crippen molar-refractivity contribution < 1.29 is 4.39 Å². The second kappa shape index (κ2) is 4.85. The van der Waals surface area contributed by atoms with Gasteiger partial charge in [-0.3, -0.25) is 0 Å². The molecule has 2 rings (SSSR count). The van der Waals surface area contributed by atoms with E-state index in [-0.39, 0.29) is 5.02 Å². The van der Waals surface area contributed by atoms with Gasteiger partial charge in [0.2, 0.25) is 0 Å². The molecule has 1 aromatic heterocycles. The Morgan fingerprint density at radius 3 is 2.88 bits per heavy atom. The molecular formula is C12H11ClFNS. The molecule has 0 radical (unpaired) electrons. The molecule has 0 saturated carbocycles. The van der Waals surface area contributed by atoms with Gasteiger partial charge in [-0.05, 0) is 36.1 Å². The zero-order chi connectivity index (χ0) is 11.5. The van der Waals surface area contributed by atoms with E-state index in [9.17, 15) is 4.39 Å². The van der Waals surface area contributed by atoms with E-state index in [0.29, 0.717) is 12.2 Å². The molecule has 0 spiro atoms. The number of hydrogen-bond donors (Lipinski definition) is 1. The number of nitrogens with one attached hydrogen (secondary N) is 1. The van der Waals surface area contributed by atoms with Crippen molar-refractivity contribution in [2.45, 2.75) is 13.5 Å². The molecule has 0 amide bonds. The van der Waals surface area contributed by atoms with Gasteiger partial charge in [0.1, 0.15) is 0 Å². The highest BCUT2D eigenvalue weighted by atomic mass is 35.5. The fourth-order valence-electron chi connectivity index (χ4n) is 1.40. The molecule has 1 N–H and O–H groups in total. The Labute approximate surface area is 103 Å². The van der Waals surface area contributed by atoms with Crippen LogP contribution in [0.4, 0.5) is 10.1 Å². The minimum absolute atomic E-state index is 0.146. The number of aryl methyl sites for hydroxylation is 1. The molecule has 0 saturated heterocycles. The van der Waals surface area contributed by atoms with Gasteiger partial charge in [0.05, 0.1) is 10.7 Å². The summed E-state index contributed by atoms with van der Waals surface area (Å²) >= 11 is 7.35. The third kappa shape index (κ3) is 2.36. The number of benzene rings is 1. The normalized spacial score (nSPS) is 10.4. The highest BCUT2D eigenvalue weighted by molar-refractivity contribution is 7.10. The molecule has 1 aromatic carbocycles. The number of rotatable bonds is 3. The number of anilines is 1. The van der Waals surface area contributed by atoms with Crippen molar-refractivity contribution in [3.63, 3.8) is 0 Å². The van der Waals surface area contributed by atoms with Crippen LogP contribution in [0.25, 0.3) is 0 Å². The Morgan fingerprint density at radius 2 is 2.19 bits per heavy atom. The van der Waals surface area contributed by atoms with Gasteiger partial charge in [-0.25, -0.2) is 4.39 Å². The van der Waals surface area contributed by atoms with E-state index in [4.69, 9.17) is 11.6 Å². The van der Waals surface area contributed by atoms with E-state index in [0.717, 1.165) is 0 Å².